The molecule has 1 heterocycles. The summed E-state index contributed by atoms with van der Waals surface area (Å²) in [4.78, 5) is 13.3. The summed E-state index contributed by atoms with van der Waals surface area (Å²) >= 11 is 6.29. The number of benzene rings is 2. The van der Waals surface area contributed by atoms with E-state index in [1.165, 1.54) is 10.5 Å². The van der Waals surface area contributed by atoms with Crippen LogP contribution in [0.25, 0.3) is 11.0 Å². The van der Waals surface area contributed by atoms with E-state index in [-0.39, 0.29) is 5.63 Å². The quantitative estimate of drug-likeness (QED) is 0.591. The minimum atomic E-state index is -0.333. The third-order valence-corrected chi connectivity index (χ3v) is 5.48. The van der Waals surface area contributed by atoms with Crippen molar-refractivity contribution >= 4 is 22.6 Å². The second-order valence-corrected chi connectivity index (χ2v) is 7.73. The zero-order valence-corrected chi connectivity index (χ0v) is 17.5. The Morgan fingerprint density at radius 2 is 2.00 bits per heavy atom. The first-order chi connectivity index (χ1) is 13.4. The Balaban J connectivity index is 1.81. The van der Waals surface area contributed by atoms with Crippen LogP contribution in [0.2, 0.25) is 5.02 Å². The van der Waals surface area contributed by atoms with Crippen molar-refractivity contribution in [1.82, 2.24) is 0 Å². The second-order valence-electron chi connectivity index (χ2n) is 7.32. The molecule has 0 aliphatic carbocycles. The molecular weight excluding hydrogens is 376 g/mol. The van der Waals surface area contributed by atoms with E-state index in [0.717, 1.165) is 28.8 Å². The van der Waals surface area contributed by atoms with Gasteiger partial charge in [-0.1, -0.05) is 23.7 Å². The summed E-state index contributed by atoms with van der Waals surface area (Å²) in [6.07, 6.45) is 0. The van der Waals surface area contributed by atoms with Crippen molar-refractivity contribution in [3.63, 3.8) is 0 Å². The molecule has 3 rings (SSSR count). The Kier molecular flexibility index (Phi) is 6.39. The average molecular weight is 403 g/mol. The summed E-state index contributed by atoms with van der Waals surface area (Å²) in [5.74, 6) is 0.862. The van der Waals surface area contributed by atoms with Crippen molar-refractivity contribution in [1.29, 1.82) is 0 Å². The first-order valence-corrected chi connectivity index (χ1v) is 9.75. The molecular formula is C22H27ClN2O3+2. The summed E-state index contributed by atoms with van der Waals surface area (Å²) in [5, 5.41) is 3.79. The third kappa shape index (κ3) is 4.55. The minimum Gasteiger partial charge on any atom is -0.497 e. The van der Waals surface area contributed by atoms with Gasteiger partial charge in [-0.25, -0.2) is 4.79 Å². The van der Waals surface area contributed by atoms with E-state index in [1.54, 1.807) is 13.2 Å². The van der Waals surface area contributed by atoms with Crippen molar-refractivity contribution in [2.45, 2.75) is 19.5 Å². The molecule has 0 saturated carbocycles. The fourth-order valence-corrected chi connectivity index (χ4v) is 3.65. The first-order valence-electron chi connectivity index (χ1n) is 9.37. The molecule has 3 N–H and O–H groups in total. The van der Waals surface area contributed by atoms with Crippen LogP contribution in [0, 0.1) is 6.92 Å². The SMILES string of the molecule is COc1cccc([C@@H](C[NH2+]Cc2cc(=O)oc3cc(C)c(Cl)cc23)[NH+](C)C)c1. The number of fused-ring (bicyclic) bond motifs is 1. The van der Waals surface area contributed by atoms with Gasteiger partial charge in [0, 0.05) is 27.6 Å². The van der Waals surface area contributed by atoms with Gasteiger partial charge in [0.1, 0.15) is 24.4 Å². The van der Waals surface area contributed by atoms with Gasteiger partial charge in [-0.3, -0.25) is 0 Å². The highest BCUT2D eigenvalue weighted by molar-refractivity contribution is 6.32. The number of halogens is 1. The van der Waals surface area contributed by atoms with E-state index in [0.29, 0.717) is 23.2 Å². The summed E-state index contributed by atoms with van der Waals surface area (Å²) < 4.78 is 10.7. The minimum absolute atomic E-state index is 0.298. The second kappa shape index (κ2) is 8.78. The van der Waals surface area contributed by atoms with Crippen LogP contribution in [0.15, 0.2) is 51.7 Å². The van der Waals surface area contributed by atoms with Gasteiger partial charge >= 0.3 is 5.63 Å². The lowest BCUT2D eigenvalue weighted by atomic mass is 10.0. The molecule has 0 radical (unpaired) electrons. The molecule has 0 saturated heterocycles. The van der Waals surface area contributed by atoms with Gasteiger partial charge in [-0.15, -0.1) is 0 Å². The molecule has 0 bridgehead atoms. The van der Waals surface area contributed by atoms with Gasteiger partial charge in [-0.05, 0) is 36.8 Å². The predicted molar refractivity (Wildman–Crippen MR) is 111 cm³/mol. The maximum atomic E-state index is 12.0. The number of hydrogen-bond acceptors (Lipinski definition) is 3. The van der Waals surface area contributed by atoms with E-state index >= 15 is 0 Å². The van der Waals surface area contributed by atoms with Crippen molar-refractivity contribution in [3.8, 4) is 5.75 Å². The van der Waals surface area contributed by atoms with Crippen molar-refractivity contribution < 1.29 is 19.4 Å². The summed E-state index contributed by atoms with van der Waals surface area (Å²) in [7, 11) is 5.97. The summed E-state index contributed by atoms with van der Waals surface area (Å²) in [6.45, 7) is 3.45. The normalized spacial score (nSPS) is 12.5. The number of rotatable bonds is 7. The predicted octanol–water partition coefficient (Wildman–Crippen LogP) is 1.71. The molecule has 0 aliphatic rings. The van der Waals surface area contributed by atoms with E-state index in [4.69, 9.17) is 20.8 Å². The Morgan fingerprint density at radius 3 is 2.71 bits per heavy atom. The molecule has 0 amide bonds. The molecule has 5 nitrogen and oxygen atoms in total. The number of ether oxygens (including phenoxy) is 1. The molecule has 1 atom stereocenters. The molecule has 6 heteroatoms. The molecule has 3 aromatic rings. The number of nitrogens with one attached hydrogen (secondary N) is 1. The van der Waals surface area contributed by atoms with Crippen LogP contribution in [0.3, 0.4) is 0 Å². The Hall–Kier alpha value is -2.34. The van der Waals surface area contributed by atoms with E-state index < -0.39 is 0 Å². The lowest BCUT2D eigenvalue weighted by molar-refractivity contribution is -0.910. The van der Waals surface area contributed by atoms with Crippen LogP contribution in [0.4, 0.5) is 0 Å². The molecule has 148 valence electrons. The smallest absolute Gasteiger partial charge is 0.336 e. The van der Waals surface area contributed by atoms with Crippen molar-refractivity contribution in [2.75, 3.05) is 27.7 Å². The Morgan fingerprint density at radius 1 is 1.21 bits per heavy atom. The standard InChI is InChI=1S/C22H25ClN2O3/c1-14-8-21-18(11-19(14)23)16(10-22(26)28-21)12-24-13-20(25(2)3)15-6-5-7-17(9-15)27-4/h5-11,20,24H,12-13H2,1-4H3/p+2/t20-/m1/s1. The number of quaternary nitrogens is 2. The van der Waals surface area contributed by atoms with Crippen LogP contribution in [-0.2, 0) is 6.54 Å². The largest absolute Gasteiger partial charge is 0.497 e. The highest BCUT2D eigenvalue weighted by atomic mass is 35.5. The first kappa shape index (κ1) is 20.4. The lowest BCUT2D eigenvalue weighted by Gasteiger charge is -2.21. The van der Waals surface area contributed by atoms with Gasteiger partial charge in [0.05, 0.1) is 21.2 Å². The highest BCUT2D eigenvalue weighted by Crippen LogP contribution is 2.24. The molecule has 1 aromatic heterocycles. The van der Waals surface area contributed by atoms with Gasteiger partial charge in [0.2, 0.25) is 0 Å². The van der Waals surface area contributed by atoms with Crippen LogP contribution in [0.5, 0.6) is 5.75 Å². The molecule has 0 aliphatic heterocycles. The van der Waals surface area contributed by atoms with Crippen molar-refractivity contribution in [3.05, 3.63) is 74.6 Å². The monoisotopic (exact) mass is 402 g/mol. The maximum Gasteiger partial charge on any atom is 0.336 e. The van der Waals surface area contributed by atoms with Crippen LogP contribution in [0.1, 0.15) is 22.7 Å². The molecule has 0 unspecified atom stereocenters. The number of likely N-dealkylation sites (N-methyl/N-ethyl adjacent to an activating group) is 1. The molecule has 0 spiro atoms. The maximum absolute atomic E-state index is 12.0. The van der Waals surface area contributed by atoms with Gasteiger partial charge in [0.15, 0.2) is 6.04 Å². The molecule has 28 heavy (non-hydrogen) atoms. The number of methoxy groups -OCH3 is 1. The average Bonchev–Trinajstić information content (AvgIpc) is 2.66. The van der Waals surface area contributed by atoms with E-state index in [2.05, 4.69) is 31.5 Å². The summed E-state index contributed by atoms with van der Waals surface area (Å²) in [5.41, 5.74) is 3.31. The summed E-state index contributed by atoms with van der Waals surface area (Å²) in [6, 6.07) is 13.8. The van der Waals surface area contributed by atoms with Crippen LogP contribution < -0.4 is 20.6 Å². The fourth-order valence-electron chi connectivity index (χ4n) is 3.49. The van der Waals surface area contributed by atoms with Gasteiger partial charge in [-0.2, -0.15) is 0 Å². The lowest BCUT2D eigenvalue weighted by Crippen LogP contribution is -3.09. The van der Waals surface area contributed by atoms with Gasteiger partial charge in [0.25, 0.3) is 0 Å². The Bertz CT molecular complexity index is 1030. The highest BCUT2D eigenvalue weighted by Gasteiger charge is 2.21. The topological polar surface area (TPSA) is 60.5 Å². The van der Waals surface area contributed by atoms with Crippen LogP contribution in [-0.4, -0.2) is 27.7 Å². The van der Waals surface area contributed by atoms with E-state index in [1.807, 2.05) is 31.2 Å². The third-order valence-electron chi connectivity index (χ3n) is 5.07. The molecule has 2 aromatic carbocycles. The fraction of sp³-hybridized carbons (Fsp3) is 0.318. The number of hydrogen-bond donors (Lipinski definition) is 2. The molecule has 0 fully saturated rings. The Labute approximate surface area is 169 Å². The number of nitrogens with two attached hydrogens (primary N) is 1. The van der Waals surface area contributed by atoms with Crippen molar-refractivity contribution in [2.24, 2.45) is 0 Å². The zero-order chi connectivity index (χ0) is 20.3. The van der Waals surface area contributed by atoms with E-state index in [9.17, 15) is 4.79 Å². The number of aryl methyl sites for hydroxylation is 1. The zero-order valence-electron chi connectivity index (χ0n) is 16.7. The van der Waals surface area contributed by atoms with Gasteiger partial charge < -0.3 is 19.4 Å². The van der Waals surface area contributed by atoms with Crippen LogP contribution >= 0.6 is 11.6 Å².